The minimum atomic E-state index is 0.658. The van der Waals surface area contributed by atoms with E-state index in [1.807, 2.05) is 61.5 Å². The molecule has 2 aromatic carbocycles. The first-order chi connectivity index (χ1) is 9.22. The van der Waals surface area contributed by atoms with Crippen molar-refractivity contribution in [1.82, 2.24) is 0 Å². The number of rotatable bonds is 3. The van der Waals surface area contributed by atoms with Gasteiger partial charge in [-0.25, -0.2) is 0 Å². The van der Waals surface area contributed by atoms with Crippen molar-refractivity contribution in [3.63, 3.8) is 0 Å². The van der Waals surface area contributed by atoms with Gasteiger partial charge in [0.2, 0.25) is 0 Å². The average molecular weight is 249 g/mol. The molecule has 2 heteroatoms. The molecule has 0 heterocycles. The molecule has 0 amide bonds. The van der Waals surface area contributed by atoms with Gasteiger partial charge in [0.1, 0.15) is 5.75 Å². The molecule has 0 aliphatic carbocycles. The van der Waals surface area contributed by atoms with E-state index in [1.165, 1.54) is 5.56 Å². The number of hydrogen-bond donors (Lipinski definition) is 0. The Balaban J connectivity index is 2.33. The fourth-order valence-corrected chi connectivity index (χ4v) is 1.78. The molecule has 0 saturated carbocycles. The van der Waals surface area contributed by atoms with E-state index in [-0.39, 0.29) is 0 Å². The predicted octanol–water partition coefficient (Wildman–Crippen LogP) is 4.07. The first-order valence-electron chi connectivity index (χ1n) is 6.06. The van der Waals surface area contributed by atoms with Gasteiger partial charge < -0.3 is 4.74 Å². The van der Waals surface area contributed by atoms with Gasteiger partial charge in [0.05, 0.1) is 18.8 Å². The summed E-state index contributed by atoms with van der Waals surface area (Å²) < 4.78 is 5.11. The number of hydrogen-bond acceptors (Lipinski definition) is 2. The van der Waals surface area contributed by atoms with E-state index >= 15 is 0 Å². The summed E-state index contributed by atoms with van der Waals surface area (Å²) in [6.07, 6.45) is 1.88. The number of aryl methyl sites for hydroxylation is 1. The van der Waals surface area contributed by atoms with E-state index in [2.05, 4.69) is 6.07 Å². The molecule has 0 radical (unpaired) electrons. The summed E-state index contributed by atoms with van der Waals surface area (Å²) in [6, 6.07) is 17.8. The first kappa shape index (κ1) is 12.9. The summed E-state index contributed by atoms with van der Waals surface area (Å²) in [5.41, 5.74) is 3.76. The summed E-state index contributed by atoms with van der Waals surface area (Å²) in [7, 11) is 1.64. The van der Waals surface area contributed by atoms with Crippen molar-refractivity contribution in [3.05, 3.63) is 65.2 Å². The molecule has 0 bridgehead atoms. The molecule has 2 rings (SSSR count). The van der Waals surface area contributed by atoms with Gasteiger partial charge in [-0.1, -0.05) is 42.0 Å². The smallest absolute Gasteiger partial charge is 0.118 e. The third-order valence-corrected chi connectivity index (χ3v) is 2.91. The maximum atomic E-state index is 9.27. The molecule has 0 aliphatic heterocycles. The Morgan fingerprint density at radius 3 is 2.21 bits per heavy atom. The predicted molar refractivity (Wildman–Crippen MR) is 77.7 cm³/mol. The van der Waals surface area contributed by atoms with Gasteiger partial charge in [-0.15, -0.1) is 0 Å². The number of methoxy groups -OCH3 is 1. The molecular formula is C17H15NO. The Morgan fingerprint density at radius 2 is 1.68 bits per heavy atom. The van der Waals surface area contributed by atoms with E-state index < -0.39 is 0 Å². The van der Waals surface area contributed by atoms with Crippen molar-refractivity contribution < 1.29 is 4.74 Å². The Bertz CT molecular complexity index is 616. The zero-order valence-electron chi connectivity index (χ0n) is 11.1. The Labute approximate surface area is 113 Å². The quantitative estimate of drug-likeness (QED) is 0.607. The van der Waals surface area contributed by atoms with Crippen molar-refractivity contribution in [3.8, 4) is 11.8 Å². The second kappa shape index (κ2) is 5.88. The summed E-state index contributed by atoms with van der Waals surface area (Å²) >= 11 is 0. The number of nitriles is 1. The van der Waals surface area contributed by atoms with Crippen molar-refractivity contribution >= 4 is 11.6 Å². The molecule has 0 saturated heterocycles. The number of benzene rings is 2. The lowest BCUT2D eigenvalue weighted by molar-refractivity contribution is 0.415. The molecule has 19 heavy (non-hydrogen) atoms. The standard InChI is InChI=1S/C17H15NO/c1-13-3-7-15(8-4-13)16(12-18)11-14-5-9-17(19-2)10-6-14/h3-11H,1-2H3/b16-11+. The van der Waals surface area contributed by atoms with Crippen LogP contribution >= 0.6 is 0 Å². The normalized spacial score (nSPS) is 10.9. The van der Waals surface area contributed by atoms with E-state index in [4.69, 9.17) is 4.74 Å². The van der Waals surface area contributed by atoms with Gasteiger partial charge in [-0.05, 0) is 36.3 Å². The summed E-state index contributed by atoms with van der Waals surface area (Å²) in [5.74, 6) is 0.811. The lowest BCUT2D eigenvalue weighted by atomic mass is 10.0. The molecule has 2 aromatic rings. The summed E-state index contributed by atoms with van der Waals surface area (Å²) in [6.45, 7) is 2.03. The lowest BCUT2D eigenvalue weighted by Crippen LogP contribution is -1.84. The van der Waals surface area contributed by atoms with Gasteiger partial charge in [0.25, 0.3) is 0 Å². The lowest BCUT2D eigenvalue weighted by Gasteiger charge is -2.02. The molecule has 0 N–H and O–H groups in total. The van der Waals surface area contributed by atoms with Crippen molar-refractivity contribution in [2.75, 3.05) is 7.11 Å². The van der Waals surface area contributed by atoms with Crippen LogP contribution in [0.2, 0.25) is 0 Å². The highest BCUT2D eigenvalue weighted by molar-refractivity contribution is 5.89. The molecule has 0 unspecified atom stereocenters. The maximum absolute atomic E-state index is 9.27. The fraction of sp³-hybridized carbons (Fsp3) is 0.118. The van der Waals surface area contributed by atoms with Crippen molar-refractivity contribution in [1.29, 1.82) is 5.26 Å². The van der Waals surface area contributed by atoms with Crippen LogP contribution in [0.25, 0.3) is 11.6 Å². The average Bonchev–Trinajstić information content (AvgIpc) is 2.46. The molecule has 0 fully saturated rings. The first-order valence-corrected chi connectivity index (χ1v) is 6.06. The number of ether oxygens (including phenoxy) is 1. The topological polar surface area (TPSA) is 33.0 Å². The van der Waals surface area contributed by atoms with E-state index in [9.17, 15) is 5.26 Å². The summed E-state index contributed by atoms with van der Waals surface area (Å²) in [5, 5.41) is 9.27. The maximum Gasteiger partial charge on any atom is 0.118 e. The number of nitrogens with zero attached hydrogens (tertiary/aromatic N) is 1. The van der Waals surface area contributed by atoms with Gasteiger partial charge in [0, 0.05) is 0 Å². The SMILES string of the molecule is COc1ccc(/C=C(\C#N)c2ccc(C)cc2)cc1. The van der Waals surface area contributed by atoms with Crippen LogP contribution in [0, 0.1) is 18.3 Å². The van der Waals surface area contributed by atoms with Crippen LogP contribution in [0.1, 0.15) is 16.7 Å². The highest BCUT2D eigenvalue weighted by Crippen LogP contribution is 2.19. The van der Waals surface area contributed by atoms with E-state index in [1.54, 1.807) is 7.11 Å². The molecule has 0 spiro atoms. The van der Waals surface area contributed by atoms with Crippen LogP contribution in [-0.4, -0.2) is 7.11 Å². The molecule has 0 aromatic heterocycles. The minimum Gasteiger partial charge on any atom is -0.497 e. The van der Waals surface area contributed by atoms with E-state index in [0.717, 1.165) is 16.9 Å². The second-order valence-corrected chi connectivity index (χ2v) is 4.31. The monoisotopic (exact) mass is 249 g/mol. The Kier molecular flexibility index (Phi) is 4.00. The van der Waals surface area contributed by atoms with Gasteiger partial charge in [-0.2, -0.15) is 5.26 Å². The third kappa shape index (κ3) is 3.23. The Morgan fingerprint density at radius 1 is 1.05 bits per heavy atom. The molecular weight excluding hydrogens is 234 g/mol. The molecule has 2 nitrogen and oxygen atoms in total. The highest BCUT2D eigenvalue weighted by Gasteiger charge is 2.01. The second-order valence-electron chi connectivity index (χ2n) is 4.31. The van der Waals surface area contributed by atoms with Gasteiger partial charge in [0.15, 0.2) is 0 Å². The highest BCUT2D eigenvalue weighted by atomic mass is 16.5. The third-order valence-electron chi connectivity index (χ3n) is 2.91. The van der Waals surface area contributed by atoms with Crippen LogP contribution in [-0.2, 0) is 0 Å². The largest absolute Gasteiger partial charge is 0.497 e. The van der Waals surface area contributed by atoms with Crippen LogP contribution in [0.3, 0.4) is 0 Å². The van der Waals surface area contributed by atoms with Crippen LogP contribution in [0.15, 0.2) is 48.5 Å². The number of allylic oxidation sites excluding steroid dienone is 1. The minimum absolute atomic E-state index is 0.658. The van der Waals surface area contributed by atoms with E-state index in [0.29, 0.717) is 5.57 Å². The van der Waals surface area contributed by atoms with Crippen LogP contribution < -0.4 is 4.74 Å². The van der Waals surface area contributed by atoms with Gasteiger partial charge in [-0.3, -0.25) is 0 Å². The fourth-order valence-electron chi connectivity index (χ4n) is 1.78. The molecule has 0 aliphatic rings. The van der Waals surface area contributed by atoms with Crippen LogP contribution in [0.5, 0.6) is 5.75 Å². The molecule has 0 atom stereocenters. The molecule has 94 valence electrons. The zero-order valence-corrected chi connectivity index (χ0v) is 11.1. The summed E-state index contributed by atoms with van der Waals surface area (Å²) in [4.78, 5) is 0. The zero-order chi connectivity index (χ0) is 13.7. The Hall–Kier alpha value is -2.53. The van der Waals surface area contributed by atoms with Crippen molar-refractivity contribution in [2.45, 2.75) is 6.92 Å². The van der Waals surface area contributed by atoms with Crippen LogP contribution in [0.4, 0.5) is 0 Å². The van der Waals surface area contributed by atoms with Crippen molar-refractivity contribution in [2.24, 2.45) is 0 Å². The van der Waals surface area contributed by atoms with Gasteiger partial charge >= 0.3 is 0 Å².